The van der Waals surface area contributed by atoms with E-state index in [2.05, 4.69) is 5.32 Å². The summed E-state index contributed by atoms with van der Waals surface area (Å²) in [5, 5.41) is 2.78. The molecule has 1 saturated carbocycles. The maximum atomic E-state index is 11.5. The van der Waals surface area contributed by atoms with Gasteiger partial charge in [0.1, 0.15) is 0 Å². The zero-order valence-electron chi connectivity index (χ0n) is 10.6. The fraction of sp³-hybridized carbons (Fsp3) is 0.909. The number of nitrogens with one attached hydrogen (secondary N) is 1. The number of amides is 1. The van der Waals surface area contributed by atoms with Crippen molar-refractivity contribution in [3.8, 4) is 0 Å². The highest BCUT2D eigenvalue weighted by Crippen LogP contribution is 2.28. The maximum Gasteiger partial charge on any atom is 0.223 e. The van der Waals surface area contributed by atoms with Gasteiger partial charge in [-0.15, -0.1) is 0 Å². The summed E-state index contributed by atoms with van der Waals surface area (Å²) in [5.41, 5.74) is 0. The number of unbranched alkanes of at least 4 members (excludes halogenated alkanes) is 1. The highest BCUT2D eigenvalue weighted by Gasteiger charge is 2.29. The standard InChI is InChI=1S/C11H22N2O3S/c1-3-4-8-13(17(2,15)16)9-7-12-11(14)10-5-6-10/h10H,3-9H2,1-2H3,(H,12,14). The van der Waals surface area contributed by atoms with Gasteiger partial charge in [-0.3, -0.25) is 4.79 Å². The summed E-state index contributed by atoms with van der Waals surface area (Å²) in [4.78, 5) is 11.4. The average Bonchev–Trinajstić information content (AvgIpc) is 3.04. The zero-order valence-corrected chi connectivity index (χ0v) is 11.4. The van der Waals surface area contributed by atoms with Crippen LogP contribution in [0.3, 0.4) is 0 Å². The summed E-state index contributed by atoms with van der Waals surface area (Å²) >= 11 is 0. The van der Waals surface area contributed by atoms with Crippen molar-refractivity contribution in [2.45, 2.75) is 32.6 Å². The molecule has 0 heterocycles. The third-order valence-electron chi connectivity index (χ3n) is 2.84. The molecule has 0 aromatic carbocycles. The van der Waals surface area contributed by atoms with Crippen LogP contribution >= 0.6 is 0 Å². The van der Waals surface area contributed by atoms with E-state index in [4.69, 9.17) is 0 Å². The lowest BCUT2D eigenvalue weighted by Crippen LogP contribution is -2.38. The molecule has 1 fully saturated rings. The molecule has 100 valence electrons. The molecule has 0 bridgehead atoms. The molecule has 0 aromatic heterocycles. The monoisotopic (exact) mass is 262 g/mol. The first-order valence-electron chi connectivity index (χ1n) is 6.18. The van der Waals surface area contributed by atoms with E-state index in [0.29, 0.717) is 19.6 Å². The average molecular weight is 262 g/mol. The maximum absolute atomic E-state index is 11.5. The molecular formula is C11H22N2O3S. The summed E-state index contributed by atoms with van der Waals surface area (Å²) in [6.07, 6.45) is 4.96. The number of nitrogens with zero attached hydrogens (tertiary/aromatic N) is 1. The van der Waals surface area contributed by atoms with Crippen molar-refractivity contribution in [1.82, 2.24) is 9.62 Å². The highest BCUT2D eigenvalue weighted by molar-refractivity contribution is 7.88. The van der Waals surface area contributed by atoms with Crippen molar-refractivity contribution in [3.63, 3.8) is 0 Å². The van der Waals surface area contributed by atoms with E-state index in [1.807, 2.05) is 6.92 Å². The second-order valence-electron chi connectivity index (χ2n) is 4.58. The molecular weight excluding hydrogens is 240 g/mol. The molecule has 1 aliphatic carbocycles. The molecule has 1 aliphatic rings. The number of carbonyl (C=O) groups excluding carboxylic acids is 1. The molecule has 0 aliphatic heterocycles. The Kier molecular flexibility index (Phi) is 5.39. The number of hydrogen-bond acceptors (Lipinski definition) is 3. The van der Waals surface area contributed by atoms with Gasteiger partial charge in [-0.2, -0.15) is 0 Å². The van der Waals surface area contributed by atoms with E-state index in [-0.39, 0.29) is 11.8 Å². The van der Waals surface area contributed by atoms with Crippen molar-refractivity contribution in [3.05, 3.63) is 0 Å². The second kappa shape index (κ2) is 6.35. The van der Waals surface area contributed by atoms with Gasteiger partial charge >= 0.3 is 0 Å². The van der Waals surface area contributed by atoms with Crippen LogP contribution in [0.4, 0.5) is 0 Å². The Labute approximate surface area is 104 Å². The van der Waals surface area contributed by atoms with Gasteiger partial charge < -0.3 is 5.32 Å². The Morgan fingerprint density at radius 2 is 2.00 bits per heavy atom. The Bertz CT molecular complexity index is 350. The lowest BCUT2D eigenvalue weighted by molar-refractivity contribution is -0.122. The van der Waals surface area contributed by atoms with Gasteiger partial charge in [-0.1, -0.05) is 13.3 Å². The molecule has 0 atom stereocenters. The Morgan fingerprint density at radius 1 is 1.35 bits per heavy atom. The van der Waals surface area contributed by atoms with Crippen LogP contribution in [0.15, 0.2) is 0 Å². The minimum absolute atomic E-state index is 0.0638. The molecule has 5 nitrogen and oxygen atoms in total. The normalized spacial score (nSPS) is 16.2. The van der Waals surface area contributed by atoms with Crippen LogP contribution in [0.5, 0.6) is 0 Å². The van der Waals surface area contributed by atoms with Gasteiger partial charge in [-0.05, 0) is 19.3 Å². The Morgan fingerprint density at radius 3 is 2.47 bits per heavy atom. The van der Waals surface area contributed by atoms with Crippen LogP contribution in [0.1, 0.15) is 32.6 Å². The quantitative estimate of drug-likeness (QED) is 0.695. The summed E-state index contributed by atoms with van der Waals surface area (Å²) in [5.74, 6) is 0.242. The summed E-state index contributed by atoms with van der Waals surface area (Å²) < 4.78 is 24.4. The van der Waals surface area contributed by atoms with Gasteiger partial charge in [0, 0.05) is 25.6 Å². The molecule has 0 unspecified atom stereocenters. The van der Waals surface area contributed by atoms with Crippen molar-refractivity contribution in [2.24, 2.45) is 5.92 Å². The topological polar surface area (TPSA) is 66.5 Å². The van der Waals surface area contributed by atoms with E-state index < -0.39 is 10.0 Å². The fourth-order valence-electron chi connectivity index (χ4n) is 1.57. The molecule has 0 aromatic rings. The molecule has 6 heteroatoms. The number of hydrogen-bond donors (Lipinski definition) is 1. The van der Waals surface area contributed by atoms with Crippen molar-refractivity contribution < 1.29 is 13.2 Å². The first kappa shape index (κ1) is 14.4. The predicted octanol–water partition coefficient (Wildman–Crippen LogP) is 0.574. The zero-order chi connectivity index (χ0) is 12.9. The lowest BCUT2D eigenvalue weighted by atomic mass is 10.3. The summed E-state index contributed by atoms with van der Waals surface area (Å²) in [6, 6.07) is 0. The Hall–Kier alpha value is -0.620. The smallest absolute Gasteiger partial charge is 0.223 e. The van der Waals surface area contributed by atoms with Crippen molar-refractivity contribution in [1.29, 1.82) is 0 Å². The summed E-state index contributed by atoms with van der Waals surface area (Å²) in [6.45, 7) is 3.34. The first-order valence-corrected chi connectivity index (χ1v) is 8.02. The van der Waals surface area contributed by atoms with Crippen LogP contribution in [-0.4, -0.2) is 44.5 Å². The van der Waals surface area contributed by atoms with E-state index in [9.17, 15) is 13.2 Å². The number of sulfonamides is 1. The molecule has 0 saturated heterocycles. The van der Waals surface area contributed by atoms with Gasteiger partial charge in [0.15, 0.2) is 0 Å². The first-order chi connectivity index (χ1) is 7.95. The lowest BCUT2D eigenvalue weighted by Gasteiger charge is -2.19. The molecule has 1 amide bonds. The fourth-order valence-corrected chi connectivity index (χ4v) is 2.46. The van der Waals surface area contributed by atoms with Crippen LogP contribution in [0.2, 0.25) is 0 Å². The number of carbonyl (C=O) groups is 1. The molecule has 17 heavy (non-hydrogen) atoms. The largest absolute Gasteiger partial charge is 0.355 e. The molecule has 1 N–H and O–H groups in total. The minimum atomic E-state index is -3.16. The van der Waals surface area contributed by atoms with Crippen LogP contribution in [-0.2, 0) is 14.8 Å². The summed E-state index contributed by atoms with van der Waals surface area (Å²) in [7, 11) is -3.16. The van der Waals surface area contributed by atoms with E-state index in [1.54, 1.807) is 0 Å². The third kappa shape index (κ3) is 5.50. The van der Waals surface area contributed by atoms with Crippen LogP contribution in [0, 0.1) is 5.92 Å². The highest BCUT2D eigenvalue weighted by atomic mass is 32.2. The Balaban J connectivity index is 2.30. The minimum Gasteiger partial charge on any atom is -0.355 e. The van der Waals surface area contributed by atoms with Gasteiger partial charge in [0.25, 0.3) is 0 Å². The van der Waals surface area contributed by atoms with Gasteiger partial charge in [0.2, 0.25) is 15.9 Å². The van der Waals surface area contributed by atoms with Crippen LogP contribution < -0.4 is 5.32 Å². The van der Waals surface area contributed by atoms with Crippen LogP contribution in [0.25, 0.3) is 0 Å². The van der Waals surface area contributed by atoms with E-state index >= 15 is 0 Å². The van der Waals surface area contributed by atoms with Crippen molar-refractivity contribution >= 4 is 15.9 Å². The van der Waals surface area contributed by atoms with E-state index in [0.717, 1.165) is 25.7 Å². The van der Waals surface area contributed by atoms with Crippen molar-refractivity contribution in [2.75, 3.05) is 25.9 Å². The molecule has 0 spiro atoms. The number of rotatable bonds is 8. The predicted molar refractivity (Wildman–Crippen MR) is 67.1 cm³/mol. The molecule has 1 rings (SSSR count). The SMILES string of the molecule is CCCCN(CCNC(=O)C1CC1)S(C)(=O)=O. The second-order valence-corrected chi connectivity index (χ2v) is 6.56. The third-order valence-corrected chi connectivity index (χ3v) is 4.14. The van der Waals surface area contributed by atoms with Gasteiger partial charge in [-0.25, -0.2) is 12.7 Å². The molecule has 0 radical (unpaired) electrons. The van der Waals surface area contributed by atoms with Gasteiger partial charge in [0.05, 0.1) is 6.26 Å². The van der Waals surface area contributed by atoms with E-state index in [1.165, 1.54) is 10.6 Å².